The SMILES string of the molecule is CCC1=C(C)NC(=O)C12C(=O)NC(NC(C)=O)=C2C#N. The van der Waals surface area contributed by atoms with E-state index in [9.17, 15) is 19.6 Å². The Balaban J connectivity index is 2.69. The molecule has 2 aliphatic rings. The van der Waals surface area contributed by atoms with Crippen LogP contribution in [0.15, 0.2) is 22.7 Å². The van der Waals surface area contributed by atoms with E-state index in [0.29, 0.717) is 17.7 Å². The molecule has 2 heterocycles. The van der Waals surface area contributed by atoms with Crippen LogP contribution in [0.25, 0.3) is 0 Å². The molecule has 0 saturated carbocycles. The predicted octanol–water partition coefficient (Wildman–Crippen LogP) is -0.212. The third-order valence-corrected chi connectivity index (χ3v) is 3.52. The fourth-order valence-corrected chi connectivity index (χ4v) is 2.77. The second-order valence-electron chi connectivity index (χ2n) is 4.66. The van der Waals surface area contributed by atoms with Crippen molar-refractivity contribution in [3.63, 3.8) is 0 Å². The third kappa shape index (κ3) is 1.54. The van der Waals surface area contributed by atoms with Crippen LogP contribution in [0.5, 0.6) is 0 Å². The van der Waals surface area contributed by atoms with Gasteiger partial charge in [-0.3, -0.25) is 14.4 Å². The van der Waals surface area contributed by atoms with Gasteiger partial charge in [-0.1, -0.05) is 6.92 Å². The minimum Gasteiger partial charge on any atom is -0.329 e. The van der Waals surface area contributed by atoms with Crippen molar-refractivity contribution in [2.45, 2.75) is 27.2 Å². The van der Waals surface area contributed by atoms with Gasteiger partial charge in [-0.05, 0) is 18.9 Å². The van der Waals surface area contributed by atoms with Gasteiger partial charge in [-0.2, -0.15) is 5.26 Å². The zero-order valence-corrected chi connectivity index (χ0v) is 11.4. The standard InChI is InChI=1S/C13H14N4O3/c1-4-8-6(2)15-11(19)13(8)9(5-14)10(16-7(3)18)17-12(13)20/h4H2,1-3H3,(H,15,19)(H,16,18)(H,17,20). The van der Waals surface area contributed by atoms with Gasteiger partial charge in [0.25, 0.3) is 5.91 Å². The minimum absolute atomic E-state index is 0.0131. The first kappa shape index (κ1) is 13.8. The van der Waals surface area contributed by atoms with Crippen molar-refractivity contribution in [3.05, 3.63) is 22.7 Å². The lowest BCUT2D eigenvalue weighted by atomic mass is 9.74. The highest BCUT2D eigenvalue weighted by Gasteiger charge is 2.60. The summed E-state index contributed by atoms with van der Waals surface area (Å²) in [5.74, 6) is -1.60. The van der Waals surface area contributed by atoms with Crippen LogP contribution < -0.4 is 16.0 Å². The number of rotatable bonds is 2. The van der Waals surface area contributed by atoms with E-state index in [-0.39, 0.29) is 11.4 Å². The van der Waals surface area contributed by atoms with Crippen LogP contribution in [0, 0.1) is 16.7 Å². The number of hydrogen-bond donors (Lipinski definition) is 3. The first-order chi connectivity index (χ1) is 9.39. The molecular formula is C13H14N4O3. The lowest BCUT2D eigenvalue weighted by Crippen LogP contribution is -2.43. The molecule has 3 amide bonds. The van der Waals surface area contributed by atoms with Gasteiger partial charge >= 0.3 is 0 Å². The van der Waals surface area contributed by atoms with E-state index >= 15 is 0 Å². The lowest BCUT2D eigenvalue weighted by molar-refractivity contribution is -0.135. The molecule has 2 aliphatic heterocycles. The molecule has 1 spiro atoms. The Kier molecular flexibility index (Phi) is 3.10. The maximum atomic E-state index is 12.3. The van der Waals surface area contributed by atoms with Crippen LogP contribution in [0.1, 0.15) is 27.2 Å². The largest absolute Gasteiger partial charge is 0.329 e. The number of nitrogens with zero attached hydrogens (tertiary/aromatic N) is 1. The van der Waals surface area contributed by atoms with Crippen LogP contribution in [-0.4, -0.2) is 17.7 Å². The summed E-state index contributed by atoms with van der Waals surface area (Å²) in [5.41, 5.74) is -0.587. The zero-order valence-electron chi connectivity index (χ0n) is 11.4. The molecule has 0 saturated heterocycles. The Bertz CT molecular complexity index is 638. The van der Waals surface area contributed by atoms with E-state index in [1.54, 1.807) is 13.8 Å². The summed E-state index contributed by atoms with van der Waals surface area (Å²) in [6.07, 6.45) is 0.441. The van der Waals surface area contributed by atoms with Crippen molar-refractivity contribution in [3.8, 4) is 6.07 Å². The number of carbonyl (C=O) groups excluding carboxylic acids is 3. The summed E-state index contributed by atoms with van der Waals surface area (Å²) < 4.78 is 0. The predicted molar refractivity (Wildman–Crippen MR) is 68.2 cm³/mol. The van der Waals surface area contributed by atoms with E-state index in [2.05, 4.69) is 16.0 Å². The van der Waals surface area contributed by atoms with Gasteiger partial charge in [0.15, 0.2) is 5.41 Å². The molecule has 0 radical (unpaired) electrons. The Morgan fingerprint density at radius 1 is 1.35 bits per heavy atom. The number of hydrogen-bond acceptors (Lipinski definition) is 4. The maximum absolute atomic E-state index is 12.3. The first-order valence-corrected chi connectivity index (χ1v) is 6.15. The van der Waals surface area contributed by atoms with Crippen LogP contribution in [-0.2, 0) is 14.4 Å². The Labute approximate surface area is 115 Å². The Morgan fingerprint density at radius 2 is 1.95 bits per heavy atom. The number of nitriles is 1. The third-order valence-electron chi connectivity index (χ3n) is 3.52. The molecule has 104 valence electrons. The van der Waals surface area contributed by atoms with Crippen molar-refractivity contribution in [2.24, 2.45) is 5.41 Å². The minimum atomic E-state index is -1.65. The number of carbonyl (C=O) groups is 3. The second kappa shape index (κ2) is 4.49. The topological polar surface area (TPSA) is 111 Å². The average molecular weight is 274 g/mol. The molecule has 0 aromatic rings. The zero-order chi connectivity index (χ0) is 15.1. The summed E-state index contributed by atoms with van der Waals surface area (Å²) in [6, 6.07) is 1.88. The van der Waals surface area contributed by atoms with Crippen molar-refractivity contribution in [2.75, 3.05) is 0 Å². The highest BCUT2D eigenvalue weighted by molar-refractivity contribution is 6.17. The first-order valence-electron chi connectivity index (χ1n) is 6.15. The van der Waals surface area contributed by atoms with E-state index in [4.69, 9.17) is 0 Å². The monoisotopic (exact) mass is 274 g/mol. The molecule has 0 fully saturated rings. The second-order valence-corrected chi connectivity index (χ2v) is 4.66. The molecular weight excluding hydrogens is 260 g/mol. The number of nitrogens with one attached hydrogen (secondary N) is 3. The summed E-state index contributed by atoms with van der Waals surface area (Å²) in [7, 11) is 0. The number of amides is 3. The molecule has 1 atom stereocenters. The fraction of sp³-hybridized carbons (Fsp3) is 0.385. The van der Waals surface area contributed by atoms with Crippen molar-refractivity contribution in [1.29, 1.82) is 5.26 Å². The van der Waals surface area contributed by atoms with Crippen LogP contribution in [0.3, 0.4) is 0 Å². The smallest absolute Gasteiger partial charge is 0.250 e. The fourth-order valence-electron chi connectivity index (χ4n) is 2.77. The molecule has 7 nitrogen and oxygen atoms in total. The maximum Gasteiger partial charge on any atom is 0.250 e. The number of allylic oxidation sites excluding steroid dienone is 1. The van der Waals surface area contributed by atoms with Crippen molar-refractivity contribution in [1.82, 2.24) is 16.0 Å². The molecule has 2 rings (SSSR count). The summed E-state index contributed by atoms with van der Waals surface area (Å²) >= 11 is 0. The van der Waals surface area contributed by atoms with E-state index in [1.165, 1.54) is 6.92 Å². The van der Waals surface area contributed by atoms with E-state index < -0.39 is 23.1 Å². The van der Waals surface area contributed by atoms with Gasteiger partial charge in [-0.15, -0.1) is 0 Å². The quantitative estimate of drug-likeness (QED) is 0.605. The van der Waals surface area contributed by atoms with Crippen LogP contribution in [0.2, 0.25) is 0 Å². The molecule has 3 N–H and O–H groups in total. The van der Waals surface area contributed by atoms with Gasteiger partial charge in [0.1, 0.15) is 11.9 Å². The van der Waals surface area contributed by atoms with Gasteiger partial charge in [0, 0.05) is 12.6 Å². The van der Waals surface area contributed by atoms with E-state index in [1.807, 2.05) is 6.07 Å². The van der Waals surface area contributed by atoms with Crippen LogP contribution in [0.4, 0.5) is 0 Å². The molecule has 1 unspecified atom stereocenters. The molecule has 0 aliphatic carbocycles. The summed E-state index contributed by atoms with van der Waals surface area (Å²) in [6.45, 7) is 4.75. The van der Waals surface area contributed by atoms with Crippen LogP contribution >= 0.6 is 0 Å². The van der Waals surface area contributed by atoms with Crippen molar-refractivity contribution < 1.29 is 14.4 Å². The summed E-state index contributed by atoms with van der Waals surface area (Å²) in [5, 5.41) is 16.8. The van der Waals surface area contributed by atoms with Gasteiger partial charge in [0.2, 0.25) is 11.8 Å². The highest BCUT2D eigenvalue weighted by atomic mass is 16.2. The molecule has 0 aromatic heterocycles. The highest BCUT2D eigenvalue weighted by Crippen LogP contribution is 2.46. The molecule has 20 heavy (non-hydrogen) atoms. The van der Waals surface area contributed by atoms with Gasteiger partial charge in [0.05, 0.1) is 5.57 Å². The van der Waals surface area contributed by atoms with Crippen molar-refractivity contribution >= 4 is 17.7 Å². The molecule has 0 aromatic carbocycles. The van der Waals surface area contributed by atoms with Gasteiger partial charge < -0.3 is 16.0 Å². The normalized spacial score (nSPS) is 24.9. The summed E-state index contributed by atoms with van der Waals surface area (Å²) in [4.78, 5) is 35.8. The van der Waals surface area contributed by atoms with Gasteiger partial charge in [-0.25, -0.2) is 0 Å². The molecule has 0 bridgehead atoms. The Hall–Kier alpha value is -2.62. The Morgan fingerprint density at radius 3 is 2.45 bits per heavy atom. The lowest BCUT2D eigenvalue weighted by Gasteiger charge is -2.21. The average Bonchev–Trinajstić information content (AvgIpc) is 2.76. The van der Waals surface area contributed by atoms with E-state index in [0.717, 1.165) is 0 Å². The molecule has 7 heteroatoms.